The number of halogens is 1. The molecule has 7 heterocycles. The van der Waals surface area contributed by atoms with E-state index in [0.29, 0.717) is 89.2 Å². The number of carbonyl (C=O) groups is 8. The number of urea groups is 1. The van der Waals surface area contributed by atoms with Crippen molar-refractivity contribution in [3.63, 3.8) is 0 Å². The van der Waals surface area contributed by atoms with Crippen molar-refractivity contribution >= 4 is 143 Å². The first-order chi connectivity index (χ1) is 69.6. The molecule has 0 aliphatic carbocycles. The molecule has 7 unspecified atom stereocenters. The number of unbranched alkanes of at least 4 members (excludes halogenated alkanes) is 6. The van der Waals surface area contributed by atoms with E-state index in [1.807, 2.05) is 159 Å². The standard InChI is InChI=1S/C29H35N2.C20H26N4.C18H23NO3S.C14H25N3OS.C11H20N2OS.C8H11NO4.C8H17NO2.C5H10O.C4H10.HI/c1-7-21-31-25-18-14-12-16-23(25)29(4,5)27(31)20-10-8-9-19-26-28(2,3)22-15-11-13-17-24(22)30(26)6;1-5-6-15-21-16(2)17-7-9-18(10-8-17)22-23-19-11-13-20(14-12-19)24(3)4;1-3-7-14(20)8-6-13-19-17-11-4-10-16-15(17)9-5-12-18(16)23(2,21)22;1-3-8-15-13(18)7-5-4-6-12-14-11(9-19-12)16-10(2)17-14;1-2-3-4-5-6-9-10-8(7-15-9)12-11(14)13-10;1-2-3-8(12)13-9-6(10)4-5-7(9)11;1-5-6-9-7(10)11-8(2,3)4;1-3-4-5(2)6;1-3-4-2;/h8-20H,7,21H2,1-6H3;7-14,21H,2,5-6,15H2,1,3-4H3;4-5,9-12,19H,2-3,6-8,13H2,1H3,(H,21,22);11-12,14,16-17H,2-9H2,1H3,(H,15,18);8-10H,2-7H2,1H3,(H2,12,13,14);2-5H2,1H3;5-6H2,1-4H3,(H,9,10);3-4H2,1-2H3;3-4H2,1-2H3;1H/q+1;;;;;;;;;/p-1. The maximum atomic E-state index is 11.9. The minimum atomic E-state index is -3.26. The summed E-state index contributed by atoms with van der Waals surface area (Å²) in [4.78, 5) is 97.4. The molecule has 7 aliphatic heterocycles. The lowest BCUT2D eigenvalue weighted by Crippen LogP contribution is -3.00. The summed E-state index contributed by atoms with van der Waals surface area (Å²) in [7, 11) is 2.94. The number of benzene rings is 6. The van der Waals surface area contributed by atoms with Gasteiger partial charge >= 0.3 is 18.1 Å². The van der Waals surface area contributed by atoms with Crippen LogP contribution in [0.2, 0.25) is 0 Å². The summed E-state index contributed by atoms with van der Waals surface area (Å²) in [6.07, 6.45) is 35.1. The first kappa shape index (κ1) is 129. The Balaban J connectivity index is 0.000000358. The Kier molecular flexibility index (Phi) is 60.1. The van der Waals surface area contributed by atoms with Crippen LogP contribution >= 0.6 is 23.5 Å². The molecular weight excluding hydrogens is 2020 g/mol. The minimum absolute atomic E-state index is 0. The number of hydrogen-bond donors (Lipinski definition) is 9. The van der Waals surface area contributed by atoms with Gasteiger partial charge in [-0.3, -0.25) is 19.2 Å². The quantitative estimate of drug-likeness (QED) is 0.00252. The molecule has 7 atom stereocenters. The fourth-order valence-electron chi connectivity index (χ4n) is 17.1. The third kappa shape index (κ3) is 44.8. The van der Waals surface area contributed by atoms with E-state index in [2.05, 4.69) is 246 Å². The molecule has 6 aromatic carbocycles. The molecule has 5 fully saturated rings. The average molecular weight is 2190 g/mol. The lowest BCUT2D eigenvalue weighted by atomic mass is 9.81. The number of nitrogens with one attached hydrogen (secondary N) is 8. The molecule has 26 nitrogen and oxygen atoms in total. The van der Waals surface area contributed by atoms with Crippen molar-refractivity contribution < 1.29 is 85.2 Å². The molecule has 13 rings (SSSR count). The number of rotatable bonds is 41. The van der Waals surface area contributed by atoms with Crippen LogP contribution in [0.25, 0.3) is 16.5 Å². The van der Waals surface area contributed by atoms with Gasteiger partial charge in [0.15, 0.2) is 5.71 Å². The Morgan fingerprint density at radius 1 is 0.585 bits per heavy atom. The summed E-state index contributed by atoms with van der Waals surface area (Å²) in [6.45, 7) is 49.5. The average Bonchev–Trinajstić information content (AvgIpc) is 1.60. The second-order valence-electron chi connectivity index (χ2n) is 39.7. The van der Waals surface area contributed by atoms with Gasteiger partial charge in [0.05, 0.1) is 51.7 Å². The van der Waals surface area contributed by atoms with E-state index in [4.69, 9.17) is 4.74 Å². The van der Waals surface area contributed by atoms with Crippen molar-refractivity contribution in [2.45, 2.75) is 348 Å². The van der Waals surface area contributed by atoms with E-state index in [0.717, 1.165) is 140 Å². The second kappa shape index (κ2) is 68.4. The Morgan fingerprint density at radius 2 is 1.16 bits per heavy atom. The number of ether oxygens (including phenoxy) is 1. The fourth-order valence-corrected chi connectivity index (χ4v) is 21.0. The van der Waals surface area contributed by atoms with E-state index in [1.165, 1.54) is 97.5 Å². The van der Waals surface area contributed by atoms with Gasteiger partial charge in [-0.1, -0.05) is 239 Å². The molecule has 6 amide bonds. The van der Waals surface area contributed by atoms with Gasteiger partial charge in [0.25, 0.3) is 11.8 Å². The summed E-state index contributed by atoms with van der Waals surface area (Å²) in [6, 6.07) is 46.3. The van der Waals surface area contributed by atoms with Crippen LogP contribution in [0.5, 0.6) is 0 Å². The number of hydroxylamine groups is 2. The highest BCUT2D eigenvalue weighted by molar-refractivity contribution is 8.00. The first-order valence-electron chi connectivity index (χ1n) is 53.2. The van der Waals surface area contributed by atoms with Crippen LogP contribution in [0.15, 0.2) is 204 Å². The summed E-state index contributed by atoms with van der Waals surface area (Å²) in [5, 5.41) is 37.1. The minimum Gasteiger partial charge on any atom is -1.00 e. The molecule has 5 saturated heterocycles. The van der Waals surface area contributed by atoms with Gasteiger partial charge in [-0.2, -0.15) is 38.3 Å². The van der Waals surface area contributed by atoms with Gasteiger partial charge in [-0.05, 0) is 190 Å². The SMILES string of the molecule is C=C(NCCCC)c1ccc(N=Nc2ccc(N(C)C)cc2)cc1.C=C1NC2CSC(CCCCC(=O)NCCC)C2N1.C=S(=O)(O)c1cccc2c(NCCCC(=O)CCC)cccc12.CCCC.CCCC(=O)ON1C(=O)CCC1=O.CCCC(C)=O.CCCCCCC1SCC2NC(=O)NC21.CCCN1/C(=C/C=C/C=C/C2=[N+](C)c3ccccc3C2(C)C)C(C)(C)c2ccccc21.CCCNC(=O)OC(C)(C)C.[I-]. The van der Waals surface area contributed by atoms with Crippen LogP contribution in [-0.2, 0) is 59.0 Å². The molecule has 9 N–H and O–H groups in total. The van der Waals surface area contributed by atoms with E-state index >= 15 is 0 Å². The van der Waals surface area contributed by atoms with Crippen molar-refractivity contribution in [2.24, 2.45) is 10.2 Å². The van der Waals surface area contributed by atoms with Crippen molar-refractivity contribution in [1.29, 1.82) is 0 Å². The Labute approximate surface area is 907 Å². The number of anilines is 3. The lowest BCUT2D eigenvalue weighted by Gasteiger charge is -2.26. The maximum Gasteiger partial charge on any atom is 0.407 e. The molecule has 0 saturated carbocycles. The number of thioether (sulfide) groups is 2. The fraction of sp³-hybridized carbons (Fsp3) is 0.538. The third-order valence-corrected chi connectivity index (χ3v) is 29.1. The lowest BCUT2D eigenvalue weighted by molar-refractivity contribution is -0.401. The molecular formula is C117H177IN14O12S3. The third-order valence-electron chi connectivity index (χ3n) is 25.0. The number of para-hydroxylation sites is 2. The molecule has 147 heavy (non-hydrogen) atoms. The van der Waals surface area contributed by atoms with E-state index in [-0.39, 0.29) is 77.9 Å². The topological polar surface area (TPSA) is 326 Å². The van der Waals surface area contributed by atoms with Crippen LogP contribution in [0.1, 0.15) is 308 Å². The number of carbonyl (C=O) groups excluding carboxylic acids is 8. The number of ketones is 2. The highest BCUT2D eigenvalue weighted by atomic mass is 127. The molecule has 812 valence electrons. The Hall–Kier alpha value is -10.3. The normalized spacial score (nSPS) is 18.1. The van der Waals surface area contributed by atoms with Crippen LogP contribution in [0.4, 0.5) is 43.7 Å². The smallest absolute Gasteiger partial charge is 0.407 e. The number of nitrogens with zero attached hydrogens (tertiary/aromatic N) is 6. The second-order valence-corrected chi connectivity index (χ2v) is 44.0. The Bertz CT molecular complexity index is 5370. The van der Waals surface area contributed by atoms with E-state index in [1.54, 1.807) is 19.1 Å². The van der Waals surface area contributed by atoms with Gasteiger partial charge < -0.3 is 95.2 Å². The number of amides is 6. The molecule has 0 bridgehead atoms. The van der Waals surface area contributed by atoms with E-state index in [9.17, 15) is 47.1 Å². The van der Waals surface area contributed by atoms with Crippen LogP contribution < -0.4 is 76.3 Å². The number of alkyl carbamates (subject to hydrolysis) is 1. The van der Waals surface area contributed by atoms with Gasteiger partial charge in [0.1, 0.15) is 34.0 Å². The largest absolute Gasteiger partial charge is 1.00 e. The summed E-state index contributed by atoms with van der Waals surface area (Å²) >= 11 is 4.06. The molecule has 0 radical (unpaired) electrons. The number of hydrogen-bond acceptors (Lipinski definition) is 21. The predicted octanol–water partition coefficient (Wildman–Crippen LogP) is 22.6. The predicted molar refractivity (Wildman–Crippen MR) is 613 cm³/mol. The van der Waals surface area contributed by atoms with Crippen molar-refractivity contribution in [3.8, 4) is 0 Å². The van der Waals surface area contributed by atoms with Crippen molar-refractivity contribution in [2.75, 3.05) is 80.5 Å². The number of imide groups is 1. The number of Topliss-reactive ketones (excluding diaryl/α,β-unsaturated/α-hetero) is 2. The molecule has 6 aromatic rings. The zero-order valence-corrected chi connectivity index (χ0v) is 96.8. The van der Waals surface area contributed by atoms with Gasteiger partial charge in [-0.15, -0.1) is 5.06 Å². The number of azo groups is 1. The van der Waals surface area contributed by atoms with Crippen LogP contribution in [-0.4, -0.2) is 183 Å². The number of allylic oxidation sites excluding steroid dienone is 6. The highest BCUT2D eigenvalue weighted by Gasteiger charge is 2.45. The van der Waals surface area contributed by atoms with Gasteiger partial charge in [0, 0.05) is 176 Å². The molecule has 7 aliphatic rings. The summed E-state index contributed by atoms with van der Waals surface area (Å²) < 4.78 is 29.0. The van der Waals surface area contributed by atoms with E-state index < -0.39 is 33.2 Å². The van der Waals surface area contributed by atoms with Crippen LogP contribution in [0, 0.1) is 0 Å². The monoisotopic (exact) mass is 2190 g/mol. The van der Waals surface area contributed by atoms with Gasteiger partial charge in [-0.25, -0.2) is 18.6 Å². The summed E-state index contributed by atoms with van der Waals surface area (Å²) in [5.41, 5.74) is 13.6. The number of fused-ring (bicyclic) bond motifs is 5. The zero-order chi connectivity index (χ0) is 108. The van der Waals surface area contributed by atoms with Crippen molar-refractivity contribution in [1.82, 2.24) is 42.3 Å². The Morgan fingerprint density at radius 3 is 1.72 bits per heavy atom. The first-order valence-corrected chi connectivity index (χ1v) is 57.0. The van der Waals surface area contributed by atoms with Gasteiger partial charge in [0.2, 0.25) is 11.6 Å². The molecule has 0 spiro atoms. The summed E-state index contributed by atoms with van der Waals surface area (Å²) in [5.74, 6) is 5.96. The molecule has 0 aromatic heterocycles. The van der Waals surface area contributed by atoms with Crippen LogP contribution in [0.3, 0.4) is 0 Å². The molecule has 30 heteroatoms. The highest BCUT2D eigenvalue weighted by Crippen LogP contribution is 2.48. The zero-order valence-electron chi connectivity index (χ0n) is 92.2. The van der Waals surface area contributed by atoms with Crippen molar-refractivity contribution in [3.05, 3.63) is 205 Å². The maximum absolute atomic E-state index is 11.9.